The first kappa shape index (κ1) is 25.9. The van der Waals surface area contributed by atoms with Crippen LogP contribution in [0.5, 0.6) is 0 Å². The number of nitrogens with zero attached hydrogens (tertiary/aromatic N) is 1. The molecule has 0 spiro atoms. The van der Waals surface area contributed by atoms with Gasteiger partial charge in [0, 0.05) is 24.0 Å². The molecule has 2 amide bonds. The molecule has 0 aliphatic rings. The van der Waals surface area contributed by atoms with Crippen molar-refractivity contribution in [3.05, 3.63) is 66.4 Å². The number of para-hydroxylation sites is 1. The molecule has 33 heavy (non-hydrogen) atoms. The molecule has 1 aromatic heterocycles. The molecule has 176 valence electrons. The molecule has 0 aliphatic carbocycles. The lowest BCUT2D eigenvalue weighted by Crippen LogP contribution is -2.33. The van der Waals surface area contributed by atoms with Crippen molar-refractivity contribution in [3.8, 4) is 0 Å². The highest BCUT2D eigenvalue weighted by Crippen LogP contribution is 2.30. The molecule has 3 aromatic rings. The van der Waals surface area contributed by atoms with Crippen LogP contribution in [-0.4, -0.2) is 35.7 Å². The van der Waals surface area contributed by atoms with Gasteiger partial charge in [-0.1, -0.05) is 36.4 Å². The zero-order valence-corrected chi connectivity index (χ0v) is 20.0. The van der Waals surface area contributed by atoms with Gasteiger partial charge in [-0.15, -0.1) is 12.4 Å². The lowest BCUT2D eigenvalue weighted by atomic mass is 10.1. The average molecular weight is 471 g/mol. The Morgan fingerprint density at radius 2 is 1.61 bits per heavy atom. The van der Waals surface area contributed by atoms with E-state index in [4.69, 9.17) is 4.74 Å². The van der Waals surface area contributed by atoms with Crippen molar-refractivity contribution in [2.24, 2.45) is 0 Å². The second kappa shape index (κ2) is 12.1. The maximum Gasteiger partial charge on any atom is 0.407 e. The van der Waals surface area contributed by atoms with Crippen molar-refractivity contribution in [1.82, 2.24) is 10.3 Å². The van der Waals surface area contributed by atoms with Gasteiger partial charge in [0.25, 0.3) is 5.91 Å². The van der Waals surface area contributed by atoms with Gasteiger partial charge in [-0.25, -0.2) is 4.79 Å². The molecule has 7 nitrogen and oxygen atoms in total. The van der Waals surface area contributed by atoms with Crippen LogP contribution in [-0.2, 0) is 4.74 Å². The number of fused-ring (bicyclic) bond motifs is 1. The fourth-order valence-corrected chi connectivity index (χ4v) is 3.18. The van der Waals surface area contributed by atoms with Crippen LogP contribution in [0.2, 0.25) is 0 Å². The van der Waals surface area contributed by atoms with Gasteiger partial charge in [-0.3, -0.25) is 9.78 Å². The van der Waals surface area contributed by atoms with Crippen molar-refractivity contribution in [3.63, 3.8) is 0 Å². The van der Waals surface area contributed by atoms with E-state index >= 15 is 0 Å². The molecule has 0 fully saturated rings. The number of halogens is 1. The lowest BCUT2D eigenvalue weighted by Gasteiger charge is -2.19. The number of anilines is 2. The summed E-state index contributed by atoms with van der Waals surface area (Å²) >= 11 is 0. The highest BCUT2D eigenvalue weighted by atomic mass is 35.5. The standard InChI is InChI=1S/C25H30N4O3.ClH/c1-25(2,3)32-24(31)27-16-10-9-15-26-22-19-13-7-8-14-20(19)28-17-21(22)29-23(30)18-11-5-4-6-12-18;/h4-8,11-14,17H,9-10,15-16H2,1-3H3,(H,26,28)(H,27,31)(H,29,30);1H. The summed E-state index contributed by atoms with van der Waals surface area (Å²) in [6, 6.07) is 16.9. The highest BCUT2D eigenvalue weighted by Gasteiger charge is 2.15. The van der Waals surface area contributed by atoms with Crippen molar-refractivity contribution < 1.29 is 14.3 Å². The molecule has 3 N–H and O–H groups in total. The molecule has 0 aliphatic heterocycles. The van der Waals surface area contributed by atoms with Crippen molar-refractivity contribution in [2.75, 3.05) is 23.7 Å². The first-order chi connectivity index (χ1) is 15.3. The minimum atomic E-state index is -0.505. The SMILES string of the molecule is CC(C)(C)OC(=O)NCCCCNc1c(NC(=O)c2ccccc2)cnc2ccccc12.Cl. The van der Waals surface area contributed by atoms with E-state index in [-0.39, 0.29) is 18.3 Å². The van der Waals surface area contributed by atoms with E-state index < -0.39 is 11.7 Å². The van der Waals surface area contributed by atoms with Crippen LogP contribution in [0.15, 0.2) is 60.8 Å². The number of carbonyl (C=O) groups excluding carboxylic acids is 2. The largest absolute Gasteiger partial charge is 0.444 e. The molecule has 0 atom stereocenters. The summed E-state index contributed by atoms with van der Waals surface area (Å²) in [7, 11) is 0. The number of benzene rings is 2. The number of hydrogen-bond acceptors (Lipinski definition) is 5. The van der Waals surface area contributed by atoms with Crippen LogP contribution < -0.4 is 16.0 Å². The van der Waals surface area contributed by atoms with Crippen molar-refractivity contribution in [1.29, 1.82) is 0 Å². The number of rotatable bonds is 8. The summed E-state index contributed by atoms with van der Waals surface area (Å²) < 4.78 is 5.24. The maximum absolute atomic E-state index is 12.7. The zero-order valence-electron chi connectivity index (χ0n) is 19.2. The second-order valence-electron chi connectivity index (χ2n) is 8.45. The van der Waals surface area contributed by atoms with Gasteiger partial charge < -0.3 is 20.7 Å². The van der Waals surface area contributed by atoms with Crippen LogP contribution in [0.25, 0.3) is 10.9 Å². The number of aromatic nitrogens is 1. The summed E-state index contributed by atoms with van der Waals surface area (Å²) in [5.41, 5.74) is 2.39. The van der Waals surface area contributed by atoms with Crippen molar-refractivity contribution in [2.45, 2.75) is 39.2 Å². The Morgan fingerprint density at radius 3 is 2.33 bits per heavy atom. The van der Waals surface area contributed by atoms with E-state index in [0.29, 0.717) is 24.3 Å². The molecule has 0 unspecified atom stereocenters. The van der Waals surface area contributed by atoms with Crippen LogP contribution in [0.4, 0.5) is 16.2 Å². The van der Waals surface area contributed by atoms with E-state index in [0.717, 1.165) is 29.4 Å². The smallest absolute Gasteiger partial charge is 0.407 e. The molecule has 8 heteroatoms. The van der Waals surface area contributed by atoms with E-state index in [1.807, 2.05) is 63.2 Å². The third-order valence-electron chi connectivity index (χ3n) is 4.63. The molecule has 1 heterocycles. The Kier molecular flexibility index (Phi) is 9.48. The summed E-state index contributed by atoms with van der Waals surface area (Å²) in [6.45, 7) is 6.72. The first-order valence-corrected chi connectivity index (χ1v) is 10.8. The molecule has 3 rings (SSSR count). The minimum Gasteiger partial charge on any atom is -0.444 e. The summed E-state index contributed by atoms with van der Waals surface area (Å²) in [6.07, 6.45) is 2.89. The second-order valence-corrected chi connectivity index (χ2v) is 8.45. The van der Waals surface area contributed by atoms with Gasteiger partial charge in [0.05, 0.1) is 23.1 Å². The summed E-state index contributed by atoms with van der Waals surface area (Å²) in [4.78, 5) is 28.9. The number of unbranched alkanes of at least 4 members (excludes halogenated alkanes) is 1. The van der Waals surface area contributed by atoms with Crippen LogP contribution >= 0.6 is 12.4 Å². The quantitative estimate of drug-likeness (QED) is 0.371. The topological polar surface area (TPSA) is 92.4 Å². The third kappa shape index (κ3) is 7.95. The van der Waals surface area contributed by atoms with Crippen LogP contribution in [0.3, 0.4) is 0 Å². The molecule has 0 saturated heterocycles. The number of nitrogens with one attached hydrogen (secondary N) is 3. The number of ether oxygens (including phenoxy) is 1. The monoisotopic (exact) mass is 470 g/mol. The number of alkyl carbamates (subject to hydrolysis) is 1. The van der Waals surface area contributed by atoms with E-state index in [2.05, 4.69) is 20.9 Å². The summed E-state index contributed by atoms with van der Waals surface area (Å²) in [5, 5.41) is 10.1. The average Bonchev–Trinajstić information content (AvgIpc) is 2.76. The minimum absolute atomic E-state index is 0. The van der Waals surface area contributed by atoms with Gasteiger partial charge in [-0.05, 0) is 51.8 Å². The van der Waals surface area contributed by atoms with Gasteiger partial charge in [-0.2, -0.15) is 0 Å². The Morgan fingerprint density at radius 1 is 0.939 bits per heavy atom. The predicted octanol–water partition coefficient (Wildman–Crippen LogP) is 5.63. The van der Waals surface area contributed by atoms with Gasteiger partial charge in [0.2, 0.25) is 0 Å². The molecular weight excluding hydrogens is 440 g/mol. The van der Waals surface area contributed by atoms with Crippen LogP contribution in [0, 0.1) is 0 Å². The van der Waals surface area contributed by atoms with Gasteiger partial charge in [0.15, 0.2) is 0 Å². The van der Waals surface area contributed by atoms with Crippen LogP contribution in [0.1, 0.15) is 44.0 Å². The van der Waals surface area contributed by atoms with Gasteiger partial charge in [0.1, 0.15) is 5.60 Å². The predicted molar refractivity (Wildman–Crippen MR) is 135 cm³/mol. The summed E-state index contributed by atoms with van der Waals surface area (Å²) in [5.74, 6) is -0.188. The van der Waals surface area contributed by atoms with E-state index in [9.17, 15) is 9.59 Å². The first-order valence-electron chi connectivity index (χ1n) is 10.8. The Bertz CT molecular complexity index is 1070. The molecule has 0 saturated carbocycles. The zero-order chi connectivity index (χ0) is 23.0. The molecule has 0 bridgehead atoms. The number of carbonyl (C=O) groups is 2. The number of pyridine rings is 1. The Labute approximate surface area is 200 Å². The number of hydrogen-bond donors (Lipinski definition) is 3. The van der Waals surface area contributed by atoms with Crippen molar-refractivity contribution >= 4 is 46.7 Å². The fraction of sp³-hybridized carbons (Fsp3) is 0.320. The Hall–Kier alpha value is -3.32. The fourth-order valence-electron chi connectivity index (χ4n) is 3.18. The lowest BCUT2D eigenvalue weighted by molar-refractivity contribution is 0.0527. The Balaban J connectivity index is 0.00000385. The van der Waals surface area contributed by atoms with E-state index in [1.165, 1.54) is 0 Å². The van der Waals surface area contributed by atoms with E-state index in [1.54, 1.807) is 18.3 Å². The molecular formula is C25H31ClN4O3. The third-order valence-corrected chi connectivity index (χ3v) is 4.63. The number of amides is 2. The highest BCUT2D eigenvalue weighted by molar-refractivity contribution is 6.09. The molecule has 0 radical (unpaired) electrons. The maximum atomic E-state index is 12.7. The van der Waals surface area contributed by atoms with Gasteiger partial charge >= 0.3 is 6.09 Å². The normalized spacial score (nSPS) is 10.8. The molecule has 2 aromatic carbocycles.